The predicted octanol–water partition coefficient (Wildman–Crippen LogP) is 4.35. The molecule has 0 radical (unpaired) electrons. The lowest BCUT2D eigenvalue weighted by atomic mass is 10.1. The summed E-state index contributed by atoms with van der Waals surface area (Å²) in [7, 11) is 0. The SMILES string of the molecule is CCCCCCCCNC(=O)/C(C#N)=C/c1c(F)cccc1F. The molecule has 3 nitrogen and oxygen atoms in total. The van der Waals surface area contributed by atoms with Gasteiger partial charge >= 0.3 is 0 Å². The van der Waals surface area contributed by atoms with E-state index in [0.717, 1.165) is 37.5 Å². The maximum Gasteiger partial charge on any atom is 0.261 e. The molecule has 0 heterocycles. The zero-order chi connectivity index (χ0) is 17.1. The van der Waals surface area contributed by atoms with Gasteiger partial charge in [0.15, 0.2) is 0 Å². The molecule has 0 fully saturated rings. The summed E-state index contributed by atoms with van der Waals surface area (Å²) in [4.78, 5) is 11.9. The van der Waals surface area contributed by atoms with Crippen molar-refractivity contribution in [1.82, 2.24) is 5.32 Å². The smallest absolute Gasteiger partial charge is 0.261 e. The third-order valence-electron chi connectivity index (χ3n) is 3.47. The van der Waals surface area contributed by atoms with Crippen molar-refractivity contribution in [3.05, 3.63) is 41.0 Å². The van der Waals surface area contributed by atoms with Crippen LogP contribution in [0.25, 0.3) is 6.08 Å². The van der Waals surface area contributed by atoms with Crippen LogP contribution in [0.4, 0.5) is 8.78 Å². The number of hydrogen-bond donors (Lipinski definition) is 1. The van der Waals surface area contributed by atoms with Crippen LogP contribution < -0.4 is 5.32 Å². The largest absolute Gasteiger partial charge is 0.351 e. The van der Waals surface area contributed by atoms with Crippen molar-refractivity contribution < 1.29 is 13.6 Å². The Morgan fingerprint density at radius 3 is 2.39 bits per heavy atom. The van der Waals surface area contributed by atoms with E-state index in [-0.39, 0.29) is 11.1 Å². The normalized spacial score (nSPS) is 11.1. The van der Waals surface area contributed by atoms with Gasteiger partial charge in [0.25, 0.3) is 5.91 Å². The minimum atomic E-state index is -0.804. The highest BCUT2D eigenvalue weighted by Crippen LogP contribution is 2.16. The number of carbonyl (C=O) groups is 1. The van der Waals surface area contributed by atoms with Crippen LogP contribution >= 0.6 is 0 Å². The Labute approximate surface area is 136 Å². The molecule has 1 aromatic carbocycles. The Morgan fingerprint density at radius 2 is 1.78 bits per heavy atom. The van der Waals surface area contributed by atoms with Gasteiger partial charge in [-0.3, -0.25) is 4.79 Å². The van der Waals surface area contributed by atoms with E-state index in [4.69, 9.17) is 5.26 Å². The fraction of sp³-hybridized carbons (Fsp3) is 0.444. The molecule has 0 saturated heterocycles. The second-order valence-electron chi connectivity index (χ2n) is 5.33. The van der Waals surface area contributed by atoms with Gasteiger partial charge in [-0.25, -0.2) is 8.78 Å². The number of amides is 1. The van der Waals surface area contributed by atoms with Gasteiger partial charge in [0.1, 0.15) is 23.3 Å². The molecule has 5 heteroatoms. The summed E-state index contributed by atoms with van der Waals surface area (Å²) in [6, 6.07) is 5.08. The van der Waals surface area contributed by atoms with Gasteiger partial charge in [0.05, 0.1) is 0 Å². The van der Waals surface area contributed by atoms with E-state index in [1.807, 2.05) is 0 Å². The first kappa shape index (κ1) is 18.8. The molecule has 124 valence electrons. The summed E-state index contributed by atoms with van der Waals surface area (Å²) in [6.45, 7) is 2.60. The van der Waals surface area contributed by atoms with Crippen LogP contribution in [0.15, 0.2) is 23.8 Å². The van der Waals surface area contributed by atoms with Gasteiger partial charge < -0.3 is 5.32 Å². The molecule has 0 spiro atoms. The summed E-state index contributed by atoms with van der Waals surface area (Å²) in [5.41, 5.74) is -0.682. The van der Waals surface area contributed by atoms with Crippen molar-refractivity contribution in [2.75, 3.05) is 6.54 Å². The summed E-state index contributed by atoms with van der Waals surface area (Å²) in [5.74, 6) is -2.22. The van der Waals surface area contributed by atoms with Crippen LogP contribution in [0, 0.1) is 23.0 Å². The number of halogens is 2. The Kier molecular flexibility index (Phi) is 8.59. The quantitative estimate of drug-likeness (QED) is 0.418. The fourth-order valence-electron chi connectivity index (χ4n) is 2.14. The Balaban J connectivity index is 2.53. The number of unbranched alkanes of at least 4 members (excludes halogenated alkanes) is 5. The van der Waals surface area contributed by atoms with Gasteiger partial charge in [-0.05, 0) is 24.6 Å². The summed E-state index contributed by atoms with van der Waals surface area (Å²) < 4.78 is 27.1. The molecule has 1 N–H and O–H groups in total. The number of rotatable bonds is 9. The molecule has 0 saturated carbocycles. The van der Waals surface area contributed by atoms with Crippen LogP contribution in [0.1, 0.15) is 51.0 Å². The predicted molar refractivity (Wildman–Crippen MR) is 86.3 cm³/mol. The van der Waals surface area contributed by atoms with Crippen LogP contribution in [0.2, 0.25) is 0 Å². The van der Waals surface area contributed by atoms with Crippen molar-refractivity contribution in [1.29, 1.82) is 5.26 Å². The van der Waals surface area contributed by atoms with Crippen molar-refractivity contribution in [2.24, 2.45) is 0 Å². The number of nitriles is 1. The molecule has 0 aromatic heterocycles. The molecule has 1 rings (SSSR count). The molecule has 0 aliphatic rings. The lowest BCUT2D eigenvalue weighted by molar-refractivity contribution is -0.117. The lowest BCUT2D eigenvalue weighted by Crippen LogP contribution is -2.25. The zero-order valence-corrected chi connectivity index (χ0v) is 13.4. The highest BCUT2D eigenvalue weighted by atomic mass is 19.1. The zero-order valence-electron chi connectivity index (χ0n) is 13.4. The summed E-state index contributed by atoms with van der Waals surface area (Å²) in [6.07, 6.45) is 7.46. The van der Waals surface area contributed by atoms with E-state index in [0.29, 0.717) is 6.54 Å². The molecule has 0 unspecified atom stereocenters. The monoisotopic (exact) mass is 320 g/mol. The molecule has 0 aliphatic carbocycles. The topological polar surface area (TPSA) is 52.9 Å². The van der Waals surface area contributed by atoms with E-state index in [1.54, 1.807) is 6.07 Å². The Morgan fingerprint density at radius 1 is 1.17 bits per heavy atom. The molecular weight excluding hydrogens is 298 g/mol. The maximum absolute atomic E-state index is 13.5. The third-order valence-corrected chi connectivity index (χ3v) is 3.47. The van der Waals surface area contributed by atoms with E-state index >= 15 is 0 Å². The molecule has 0 aliphatic heterocycles. The molecule has 23 heavy (non-hydrogen) atoms. The molecule has 0 atom stereocenters. The van der Waals surface area contributed by atoms with E-state index < -0.39 is 17.5 Å². The Hall–Kier alpha value is -2.22. The average Bonchev–Trinajstić information content (AvgIpc) is 2.53. The van der Waals surface area contributed by atoms with Crippen molar-refractivity contribution in [3.8, 4) is 6.07 Å². The van der Waals surface area contributed by atoms with Crippen molar-refractivity contribution in [3.63, 3.8) is 0 Å². The molecular formula is C18H22F2N2O. The Bertz CT molecular complexity index is 571. The maximum atomic E-state index is 13.5. The van der Waals surface area contributed by atoms with Crippen molar-refractivity contribution >= 4 is 12.0 Å². The summed E-state index contributed by atoms with van der Waals surface area (Å²) >= 11 is 0. The van der Waals surface area contributed by atoms with Crippen LogP contribution in [-0.4, -0.2) is 12.5 Å². The molecule has 0 bridgehead atoms. The van der Waals surface area contributed by atoms with Gasteiger partial charge in [0.2, 0.25) is 0 Å². The number of benzene rings is 1. The number of carbonyl (C=O) groups excluding carboxylic acids is 1. The first-order valence-electron chi connectivity index (χ1n) is 7.94. The summed E-state index contributed by atoms with van der Waals surface area (Å²) in [5, 5.41) is 11.6. The highest BCUT2D eigenvalue weighted by molar-refractivity contribution is 6.01. The standard InChI is InChI=1S/C18H22F2N2O/c1-2-3-4-5-6-7-11-22-18(23)14(13-21)12-15-16(19)9-8-10-17(15)20/h8-10,12H,2-7,11H2,1H3,(H,22,23)/b14-12+. The van der Waals surface area contributed by atoms with Crippen LogP contribution in [0.5, 0.6) is 0 Å². The van der Waals surface area contributed by atoms with Gasteiger partial charge in [0, 0.05) is 12.1 Å². The van der Waals surface area contributed by atoms with E-state index in [1.165, 1.54) is 25.3 Å². The second kappa shape index (κ2) is 10.5. The fourth-order valence-corrected chi connectivity index (χ4v) is 2.14. The van der Waals surface area contributed by atoms with Crippen LogP contribution in [-0.2, 0) is 4.79 Å². The van der Waals surface area contributed by atoms with E-state index in [2.05, 4.69) is 12.2 Å². The minimum Gasteiger partial charge on any atom is -0.351 e. The number of nitrogens with one attached hydrogen (secondary N) is 1. The second-order valence-corrected chi connectivity index (χ2v) is 5.33. The van der Waals surface area contributed by atoms with Gasteiger partial charge in [-0.1, -0.05) is 45.1 Å². The first-order valence-corrected chi connectivity index (χ1v) is 7.94. The highest BCUT2D eigenvalue weighted by Gasteiger charge is 2.12. The number of hydrogen-bond acceptors (Lipinski definition) is 2. The van der Waals surface area contributed by atoms with Gasteiger partial charge in [-0.15, -0.1) is 0 Å². The number of nitrogens with zero attached hydrogens (tertiary/aromatic N) is 1. The molecule has 1 amide bonds. The van der Waals surface area contributed by atoms with Crippen LogP contribution in [0.3, 0.4) is 0 Å². The van der Waals surface area contributed by atoms with Gasteiger partial charge in [-0.2, -0.15) is 5.26 Å². The lowest BCUT2D eigenvalue weighted by Gasteiger charge is -2.05. The van der Waals surface area contributed by atoms with Crippen molar-refractivity contribution in [2.45, 2.75) is 45.4 Å². The molecule has 1 aromatic rings. The first-order chi connectivity index (χ1) is 11.1. The third kappa shape index (κ3) is 6.60. The minimum absolute atomic E-state index is 0.306. The van der Waals surface area contributed by atoms with E-state index in [9.17, 15) is 13.6 Å². The average molecular weight is 320 g/mol.